The van der Waals surface area contributed by atoms with Crippen LogP contribution in [0.5, 0.6) is 5.75 Å². The van der Waals surface area contributed by atoms with E-state index in [1.165, 1.54) is 12.8 Å². The molecule has 2 aromatic rings. The quantitative estimate of drug-likeness (QED) is 0.901. The molecule has 0 spiro atoms. The molecule has 1 atom stereocenters. The summed E-state index contributed by atoms with van der Waals surface area (Å²) in [4.78, 5) is 7.25. The van der Waals surface area contributed by atoms with Crippen LogP contribution >= 0.6 is 0 Å². The summed E-state index contributed by atoms with van der Waals surface area (Å²) in [5.41, 5.74) is 10.2. The van der Waals surface area contributed by atoms with Gasteiger partial charge in [-0.25, -0.2) is 4.98 Å². The summed E-state index contributed by atoms with van der Waals surface area (Å²) in [6.07, 6.45) is 2.45. The molecule has 0 unspecified atom stereocenters. The number of nitrogens with zero attached hydrogens (tertiary/aromatic N) is 2. The lowest BCUT2D eigenvalue weighted by atomic mass is 9.98. The molecule has 0 aliphatic carbocycles. The molecule has 0 saturated carbocycles. The second-order valence-corrected chi connectivity index (χ2v) is 7.07. The van der Waals surface area contributed by atoms with Gasteiger partial charge in [-0.1, -0.05) is 0 Å². The van der Waals surface area contributed by atoms with E-state index in [9.17, 15) is 0 Å². The van der Waals surface area contributed by atoms with Gasteiger partial charge < -0.3 is 14.9 Å². The highest BCUT2D eigenvalue weighted by Crippen LogP contribution is 2.32. The van der Waals surface area contributed by atoms with Crippen molar-refractivity contribution in [2.45, 2.75) is 40.2 Å². The normalized spacial score (nSPS) is 18.5. The molecule has 0 radical (unpaired) electrons. The summed E-state index contributed by atoms with van der Waals surface area (Å²) >= 11 is 0. The molecule has 3 rings (SSSR count). The van der Waals surface area contributed by atoms with E-state index >= 15 is 0 Å². The van der Waals surface area contributed by atoms with Gasteiger partial charge in [0.2, 0.25) is 5.89 Å². The number of rotatable bonds is 5. The summed E-state index contributed by atoms with van der Waals surface area (Å²) in [5.74, 6) is 3.10. The number of hydrogen-bond acceptors (Lipinski definition) is 5. The van der Waals surface area contributed by atoms with Crippen molar-refractivity contribution < 1.29 is 9.15 Å². The summed E-state index contributed by atoms with van der Waals surface area (Å²) < 4.78 is 11.4. The van der Waals surface area contributed by atoms with Gasteiger partial charge in [0.25, 0.3) is 0 Å². The molecule has 136 valence electrons. The number of benzene rings is 1. The number of aryl methyl sites for hydroxylation is 1. The van der Waals surface area contributed by atoms with Crippen LogP contribution in [0.1, 0.15) is 35.4 Å². The molecular weight excluding hydrogens is 314 g/mol. The van der Waals surface area contributed by atoms with Crippen LogP contribution in [0.15, 0.2) is 16.5 Å². The van der Waals surface area contributed by atoms with Crippen LogP contribution < -0.4 is 10.5 Å². The third-order valence-electron chi connectivity index (χ3n) is 5.39. The first-order valence-corrected chi connectivity index (χ1v) is 9.06. The Balaban J connectivity index is 1.82. The zero-order valence-corrected chi connectivity index (χ0v) is 15.8. The largest absolute Gasteiger partial charge is 0.496 e. The average Bonchev–Trinajstić information content (AvgIpc) is 2.97. The van der Waals surface area contributed by atoms with E-state index in [4.69, 9.17) is 19.9 Å². The maximum absolute atomic E-state index is 6.00. The minimum atomic E-state index is 0.604. The lowest BCUT2D eigenvalue weighted by Gasteiger charge is -2.31. The number of nitrogens with two attached hydrogens (primary N) is 1. The second-order valence-electron chi connectivity index (χ2n) is 7.07. The Morgan fingerprint density at radius 1 is 1.28 bits per heavy atom. The minimum absolute atomic E-state index is 0.604. The predicted molar refractivity (Wildman–Crippen MR) is 99.8 cm³/mol. The Hall–Kier alpha value is -1.85. The second kappa shape index (κ2) is 7.58. The van der Waals surface area contributed by atoms with E-state index < -0.39 is 0 Å². The number of aromatic nitrogens is 1. The molecule has 2 heterocycles. The third-order valence-corrected chi connectivity index (χ3v) is 5.39. The number of oxazole rings is 1. The summed E-state index contributed by atoms with van der Waals surface area (Å²) in [6.45, 7) is 9.92. The Bertz CT molecular complexity index is 739. The fourth-order valence-corrected chi connectivity index (χ4v) is 3.64. The monoisotopic (exact) mass is 343 g/mol. The Kier molecular flexibility index (Phi) is 5.45. The zero-order chi connectivity index (χ0) is 18.0. The van der Waals surface area contributed by atoms with Crippen LogP contribution in [-0.4, -0.2) is 36.6 Å². The first-order valence-electron chi connectivity index (χ1n) is 9.06. The van der Waals surface area contributed by atoms with Gasteiger partial charge in [-0.2, -0.15) is 0 Å². The van der Waals surface area contributed by atoms with Gasteiger partial charge in [0, 0.05) is 18.7 Å². The van der Waals surface area contributed by atoms with Crippen molar-refractivity contribution in [3.8, 4) is 17.2 Å². The van der Waals surface area contributed by atoms with Crippen LogP contribution in [-0.2, 0) is 6.54 Å². The van der Waals surface area contributed by atoms with Crippen molar-refractivity contribution in [3.05, 3.63) is 34.7 Å². The van der Waals surface area contributed by atoms with Gasteiger partial charge in [-0.3, -0.25) is 4.90 Å². The van der Waals surface area contributed by atoms with Crippen molar-refractivity contribution in [3.63, 3.8) is 0 Å². The Morgan fingerprint density at radius 3 is 2.80 bits per heavy atom. The predicted octanol–water partition coefficient (Wildman–Crippen LogP) is 3.45. The standard InChI is InChI=1S/C20H29N3O2/c1-13-14(2)19(24-4)8-7-17(13)20-22-18(15(3)25-20)12-23-9-5-6-16(10-21)11-23/h7-8,16H,5-6,9-12,21H2,1-4H3/t16-/m1/s1. The number of likely N-dealkylation sites (tertiary alicyclic amines) is 1. The van der Waals surface area contributed by atoms with Crippen molar-refractivity contribution >= 4 is 0 Å². The molecule has 1 aromatic carbocycles. The molecular formula is C20H29N3O2. The molecule has 1 saturated heterocycles. The highest BCUT2D eigenvalue weighted by Gasteiger charge is 2.22. The van der Waals surface area contributed by atoms with E-state index in [1.54, 1.807) is 7.11 Å². The van der Waals surface area contributed by atoms with Gasteiger partial charge in [0.15, 0.2) is 0 Å². The SMILES string of the molecule is COc1ccc(-c2nc(CN3CCC[C@H](CN)C3)c(C)o2)c(C)c1C. The zero-order valence-electron chi connectivity index (χ0n) is 15.8. The molecule has 0 bridgehead atoms. The fraction of sp³-hybridized carbons (Fsp3) is 0.550. The molecule has 1 aromatic heterocycles. The van der Waals surface area contributed by atoms with Crippen LogP contribution in [0.2, 0.25) is 0 Å². The fourth-order valence-electron chi connectivity index (χ4n) is 3.64. The molecule has 5 heteroatoms. The van der Waals surface area contributed by atoms with Crippen molar-refractivity contribution in [1.29, 1.82) is 0 Å². The van der Waals surface area contributed by atoms with Crippen LogP contribution in [0.3, 0.4) is 0 Å². The van der Waals surface area contributed by atoms with Crippen molar-refractivity contribution in [2.75, 3.05) is 26.7 Å². The lowest BCUT2D eigenvalue weighted by molar-refractivity contribution is 0.169. The van der Waals surface area contributed by atoms with Crippen LogP contribution in [0, 0.1) is 26.7 Å². The van der Waals surface area contributed by atoms with Gasteiger partial charge in [-0.15, -0.1) is 0 Å². The molecule has 1 aliphatic heterocycles. The first kappa shape index (κ1) is 18.0. The Labute approximate surface area is 150 Å². The highest BCUT2D eigenvalue weighted by molar-refractivity contribution is 5.63. The lowest BCUT2D eigenvalue weighted by Crippen LogP contribution is -2.38. The minimum Gasteiger partial charge on any atom is -0.496 e. The van der Waals surface area contributed by atoms with Gasteiger partial charge in [0.1, 0.15) is 11.5 Å². The summed E-state index contributed by atoms with van der Waals surface area (Å²) in [7, 11) is 1.70. The van der Waals surface area contributed by atoms with Gasteiger partial charge in [0.05, 0.1) is 12.8 Å². The van der Waals surface area contributed by atoms with E-state index in [-0.39, 0.29) is 0 Å². The van der Waals surface area contributed by atoms with E-state index in [2.05, 4.69) is 18.7 Å². The van der Waals surface area contributed by atoms with E-state index in [1.807, 2.05) is 19.1 Å². The average molecular weight is 343 g/mol. The maximum Gasteiger partial charge on any atom is 0.226 e. The maximum atomic E-state index is 6.00. The van der Waals surface area contributed by atoms with Gasteiger partial charge in [-0.05, 0) is 75.9 Å². The number of methoxy groups -OCH3 is 1. The number of ether oxygens (including phenoxy) is 1. The molecule has 2 N–H and O–H groups in total. The van der Waals surface area contributed by atoms with Crippen molar-refractivity contribution in [2.24, 2.45) is 11.7 Å². The molecule has 0 amide bonds. The van der Waals surface area contributed by atoms with E-state index in [0.717, 1.165) is 60.1 Å². The summed E-state index contributed by atoms with van der Waals surface area (Å²) in [6, 6.07) is 4.01. The van der Waals surface area contributed by atoms with E-state index in [0.29, 0.717) is 11.8 Å². The first-order chi connectivity index (χ1) is 12.0. The molecule has 1 fully saturated rings. The summed E-state index contributed by atoms with van der Waals surface area (Å²) in [5, 5.41) is 0. The topological polar surface area (TPSA) is 64.5 Å². The van der Waals surface area contributed by atoms with Gasteiger partial charge >= 0.3 is 0 Å². The number of piperidine rings is 1. The Morgan fingerprint density at radius 2 is 2.08 bits per heavy atom. The van der Waals surface area contributed by atoms with Crippen LogP contribution in [0.4, 0.5) is 0 Å². The highest BCUT2D eigenvalue weighted by atomic mass is 16.5. The molecule has 5 nitrogen and oxygen atoms in total. The van der Waals surface area contributed by atoms with Crippen molar-refractivity contribution in [1.82, 2.24) is 9.88 Å². The number of hydrogen-bond donors (Lipinski definition) is 1. The third kappa shape index (κ3) is 3.72. The van der Waals surface area contributed by atoms with Crippen LogP contribution in [0.25, 0.3) is 11.5 Å². The smallest absolute Gasteiger partial charge is 0.226 e. The molecule has 25 heavy (non-hydrogen) atoms. The molecule has 1 aliphatic rings.